The fourth-order valence-corrected chi connectivity index (χ4v) is 3.23. The Morgan fingerprint density at radius 2 is 1.30 bits per heavy atom. The first-order valence-electron chi connectivity index (χ1n) is 7.15. The number of carbonyl (C=O) groups is 2. The number of benzene rings is 2. The van der Waals surface area contributed by atoms with Gasteiger partial charge in [0, 0.05) is 15.8 Å². The number of anilines is 2. The van der Waals surface area contributed by atoms with Crippen molar-refractivity contribution >= 4 is 39.4 Å². The van der Waals surface area contributed by atoms with E-state index in [2.05, 4.69) is 26.6 Å². The molecule has 6 nitrogen and oxygen atoms in total. The molecular weight excluding hydrogens is 360 g/mol. The van der Waals surface area contributed by atoms with Gasteiger partial charge >= 0.3 is 12.1 Å². The summed E-state index contributed by atoms with van der Waals surface area (Å²) in [6, 6.07) is 16.3. The molecule has 2 aliphatic rings. The molecule has 116 valence electrons. The van der Waals surface area contributed by atoms with Crippen LogP contribution in [0.1, 0.15) is 0 Å². The fraction of sp³-hybridized carbons (Fsp3) is 0.125. The lowest BCUT2D eigenvalue weighted by Gasteiger charge is -2.22. The molecule has 2 fully saturated rings. The van der Waals surface area contributed by atoms with Gasteiger partial charge < -0.3 is 10.6 Å². The van der Waals surface area contributed by atoms with Gasteiger partial charge in [-0.3, -0.25) is 9.80 Å². The maximum Gasteiger partial charge on any atom is 0.332 e. The molecule has 2 unspecified atom stereocenters. The predicted molar refractivity (Wildman–Crippen MR) is 90.2 cm³/mol. The summed E-state index contributed by atoms with van der Waals surface area (Å²) < 4.78 is 0.929. The van der Waals surface area contributed by atoms with Crippen molar-refractivity contribution in [2.24, 2.45) is 0 Å². The molecule has 2 saturated heterocycles. The number of urea groups is 2. The molecule has 0 bridgehead atoms. The van der Waals surface area contributed by atoms with E-state index in [1.54, 1.807) is 9.80 Å². The number of rotatable bonds is 2. The number of hydrogen-bond acceptors (Lipinski definition) is 2. The molecule has 2 aliphatic heterocycles. The molecule has 2 aromatic carbocycles. The monoisotopic (exact) mass is 372 g/mol. The van der Waals surface area contributed by atoms with Crippen LogP contribution in [-0.4, -0.2) is 24.4 Å². The maximum absolute atomic E-state index is 13.0. The van der Waals surface area contributed by atoms with Crippen molar-refractivity contribution in [3.8, 4) is 0 Å². The molecule has 0 radical (unpaired) electrons. The lowest BCUT2D eigenvalue weighted by atomic mass is 10.2. The van der Waals surface area contributed by atoms with E-state index >= 15 is 0 Å². The molecule has 4 amide bonds. The number of para-hydroxylation sites is 1. The molecular formula is C16H13BrN4O2. The molecule has 0 spiro atoms. The van der Waals surface area contributed by atoms with E-state index < -0.39 is 12.3 Å². The summed E-state index contributed by atoms with van der Waals surface area (Å²) in [5.74, 6) is 0. The van der Waals surface area contributed by atoms with Crippen LogP contribution in [0.3, 0.4) is 0 Å². The highest BCUT2D eigenvalue weighted by atomic mass is 79.9. The van der Waals surface area contributed by atoms with Gasteiger partial charge in [0.15, 0.2) is 12.3 Å². The Labute approximate surface area is 141 Å². The Hall–Kier alpha value is -2.54. The minimum atomic E-state index is -0.448. The van der Waals surface area contributed by atoms with Gasteiger partial charge in [-0.15, -0.1) is 0 Å². The van der Waals surface area contributed by atoms with Crippen molar-refractivity contribution in [1.29, 1.82) is 0 Å². The molecule has 0 saturated carbocycles. The number of nitrogens with one attached hydrogen (secondary N) is 2. The molecule has 2 atom stereocenters. The van der Waals surface area contributed by atoms with Crippen molar-refractivity contribution in [2.45, 2.75) is 12.3 Å². The summed E-state index contributed by atoms with van der Waals surface area (Å²) in [6.07, 6.45) is -0.891. The number of nitrogens with zero attached hydrogens (tertiary/aromatic N) is 2. The van der Waals surface area contributed by atoms with E-state index in [0.29, 0.717) is 0 Å². The molecule has 2 heterocycles. The van der Waals surface area contributed by atoms with E-state index in [9.17, 15) is 9.59 Å². The molecule has 0 aromatic heterocycles. The average Bonchev–Trinajstić information content (AvgIpc) is 3.03. The van der Waals surface area contributed by atoms with Crippen molar-refractivity contribution in [2.75, 3.05) is 9.80 Å². The zero-order valence-corrected chi connectivity index (χ0v) is 13.5. The molecule has 2 N–H and O–H groups in total. The maximum atomic E-state index is 13.0. The Morgan fingerprint density at radius 1 is 0.783 bits per heavy atom. The van der Waals surface area contributed by atoms with E-state index in [4.69, 9.17) is 0 Å². The first kappa shape index (κ1) is 14.1. The van der Waals surface area contributed by atoms with Gasteiger partial charge in [-0.05, 0) is 36.4 Å². The summed E-state index contributed by atoms with van der Waals surface area (Å²) in [5.41, 5.74) is 1.48. The van der Waals surface area contributed by atoms with E-state index in [1.165, 1.54) is 0 Å². The highest BCUT2D eigenvalue weighted by molar-refractivity contribution is 9.10. The SMILES string of the molecule is O=C1NC2C(N1)N(c1ccc(Br)cc1)C(=O)N2c1ccccc1. The van der Waals surface area contributed by atoms with Gasteiger partial charge in [-0.25, -0.2) is 9.59 Å². The first-order valence-corrected chi connectivity index (χ1v) is 7.94. The molecule has 0 aliphatic carbocycles. The van der Waals surface area contributed by atoms with Gasteiger partial charge in [-0.2, -0.15) is 0 Å². The standard InChI is InChI=1S/C16H13BrN4O2/c17-10-6-8-12(9-7-10)21-14-13(18-15(22)19-14)20(16(21)23)11-4-2-1-3-5-11/h1-9,13-14H,(H2,18,19,22). The van der Waals surface area contributed by atoms with Crippen molar-refractivity contribution < 1.29 is 9.59 Å². The first-order chi connectivity index (χ1) is 11.1. The number of amides is 4. The van der Waals surface area contributed by atoms with Crippen LogP contribution in [0.15, 0.2) is 59.1 Å². The minimum absolute atomic E-state index is 0.180. The summed E-state index contributed by atoms with van der Waals surface area (Å²) in [7, 11) is 0. The quantitative estimate of drug-likeness (QED) is 0.851. The lowest BCUT2D eigenvalue weighted by Crippen LogP contribution is -2.43. The highest BCUT2D eigenvalue weighted by Gasteiger charge is 2.52. The molecule has 23 heavy (non-hydrogen) atoms. The second kappa shape index (κ2) is 5.27. The third-order valence-electron chi connectivity index (χ3n) is 3.96. The van der Waals surface area contributed by atoms with Crippen molar-refractivity contribution in [1.82, 2.24) is 10.6 Å². The van der Waals surface area contributed by atoms with Crippen LogP contribution in [0, 0.1) is 0 Å². The van der Waals surface area contributed by atoms with Crippen molar-refractivity contribution in [3.05, 3.63) is 59.1 Å². The average molecular weight is 373 g/mol. The Bertz CT molecular complexity index is 765. The van der Waals surface area contributed by atoms with Gasteiger partial charge in [0.2, 0.25) is 0 Å². The van der Waals surface area contributed by atoms with Gasteiger partial charge in [0.1, 0.15) is 0 Å². The van der Waals surface area contributed by atoms with Crippen LogP contribution in [0.25, 0.3) is 0 Å². The van der Waals surface area contributed by atoms with E-state index in [1.807, 2.05) is 54.6 Å². The van der Waals surface area contributed by atoms with Crippen molar-refractivity contribution in [3.63, 3.8) is 0 Å². The van der Waals surface area contributed by atoms with Gasteiger partial charge in [-0.1, -0.05) is 34.1 Å². The van der Waals surface area contributed by atoms with E-state index in [0.717, 1.165) is 15.8 Å². The summed E-state index contributed by atoms with van der Waals surface area (Å²) in [5, 5.41) is 5.62. The van der Waals surface area contributed by atoms with Gasteiger partial charge in [0.25, 0.3) is 0 Å². The van der Waals surface area contributed by atoms with Crippen LogP contribution in [0.2, 0.25) is 0 Å². The van der Waals surface area contributed by atoms with Crippen LogP contribution >= 0.6 is 15.9 Å². The summed E-state index contributed by atoms with van der Waals surface area (Å²) in [6.45, 7) is 0. The molecule has 2 aromatic rings. The number of fused-ring (bicyclic) bond motifs is 1. The predicted octanol–water partition coefficient (Wildman–Crippen LogP) is 2.86. The number of hydrogen-bond donors (Lipinski definition) is 2. The second-order valence-corrected chi connectivity index (χ2v) is 6.26. The zero-order chi connectivity index (χ0) is 16.0. The smallest absolute Gasteiger partial charge is 0.314 e. The van der Waals surface area contributed by atoms with E-state index in [-0.39, 0.29) is 12.1 Å². The minimum Gasteiger partial charge on any atom is -0.314 e. The lowest BCUT2D eigenvalue weighted by molar-refractivity contribution is 0.244. The highest BCUT2D eigenvalue weighted by Crippen LogP contribution is 2.33. The number of halogens is 1. The third-order valence-corrected chi connectivity index (χ3v) is 4.49. The normalized spacial score (nSPS) is 22.8. The fourth-order valence-electron chi connectivity index (χ4n) is 2.97. The van der Waals surface area contributed by atoms with Gasteiger partial charge in [0.05, 0.1) is 0 Å². The Morgan fingerprint density at radius 3 is 1.87 bits per heavy atom. The molecule has 7 heteroatoms. The topological polar surface area (TPSA) is 64.7 Å². The Kier molecular flexibility index (Phi) is 3.23. The number of carbonyl (C=O) groups excluding carboxylic acids is 2. The summed E-state index contributed by atoms with van der Waals surface area (Å²) >= 11 is 3.39. The van der Waals surface area contributed by atoms with Crippen LogP contribution in [0.5, 0.6) is 0 Å². The van der Waals surface area contributed by atoms with Crippen LogP contribution < -0.4 is 20.4 Å². The third kappa shape index (κ3) is 2.24. The van der Waals surface area contributed by atoms with Crippen LogP contribution in [0.4, 0.5) is 21.0 Å². The van der Waals surface area contributed by atoms with Crippen LogP contribution in [-0.2, 0) is 0 Å². The Balaban J connectivity index is 1.77. The molecule has 4 rings (SSSR count). The second-order valence-electron chi connectivity index (χ2n) is 5.34. The summed E-state index contributed by atoms with van der Waals surface area (Å²) in [4.78, 5) is 27.9. The largest absolute Gasteiger partial charge is 0.332 e. The zero-order valence-electron chi connectivity index (χ0n) is 11.9.